The zero-order valence-corrected chi connectivity index (χ0v) is 15.0. The number of halogens is 1. The van der Waals surface area contributed by atoms with E-state index in [0.29, 0.717) is 22.4 Å². The number of carbonyl (C=O) groups is 1. The number of aryl methyl sites for hydroxylation is 2. The van der Waals surface area contributed by atoms with Crippen molar-refractivity contribution in [2.45, 2.75) is 20.4 Å². The lowest BCUT2D eigenvalue weighted by atomic mass is 10.1. The van der Waals surface area contributed by atoms with Gasteiger partial charge in [-0.25, -0.2) is 0 Å². The minimum Gasteiger partial charge on any atom is -0.419 e. The second-order valence-electron chi connectivity index (χ2n) is 5.99. The number of nitrogens with zero attached hydrogens (tertiary/aromatic N) is 3. The van der Waals surface area contributed by atoms with E-state index in [1.807, 2.05) is 44.2 Å². The molecule has 0 radical (unpaired) electrons. The summed E-state index contributed by atoms with van der Waals surface area (Å²) in [6.07, 6.45) is 0. The summed E-state index contributed by atoms with van der Waals surface area (Å²) in [5, 5.41) is 8.65. The first-order valence-corrected chi connectivity index (χ1v) is 8.23. The van der Waals surface area contributed by atoms with Crippen LogP contribution in [0.1, 0.15) is 27.4 Å². The van der Waals surface area contributed by atoms with Gasteiger partial charge in [0.2, 0.25) is 11.8 Å². The molecule has 5 nitrogen and oxygen atoms in total. The molecule has 0 fully saturated rings. The third-order valence-electron chi connectivity index (χ3n) is 3.90. The van der Waals surface area contributed by atoms with Crippen molar-refractivity contribution in [3.8, 4) is 11.5 Å². The first kappa shape index (κ1) is 17.2. The maximum Gasteiger partial charge on any atom is 0.254 e. The molecule has 0 aliphatic heterocycles. The van der Waals surface area contributed by atoms with Gasteiger partial charge < -0.3 is 9.32 Å². The monoisotopic (exact) mass is 355 g/mol. The molecule has 6 heteroatoms. The lowest BCUT2D eigenvalue weighted by molar-refractivity contribution is 0.0773. The molecule has 0 saturated heterocycles. The molecule has 0 N–H and O–H groups in total. The van der Waals surface area contributed by atoms with E-state index in [0.717, 1.165) is 16.7 Å². The number of hydrogen-bond donors (Lipinski definition) is 0. The fraction of sp³-hybridized carbons (Fsp3) is 0.211. The molecule has 1 amide bonds. The van der Waals surface area contributed by atoms with E-state index in [1.54, 1.807) is 19.2 Å². The molecule has 3 aromatic rings. The SMILES string of the molecule is Cc1ccc(-c2nnc(CN(C)C(=O)c3ccc(C)c(Cl)c3)o2)cc1. The van der Waals surface area contributed by atoms with Gasteiger partial charge in [0.25, 0.3) is 5.91 Å². The van der Waals surface area contributed by atoms with Crippen LogP contribution in [0.25, 0.3) is 11.5 Å². The summed E-state index contributed by atoms with van der Waals surface area (Å²) in [6, 6.07) is 13.1. The van der Waals surface area contributed by atoms with Crippen molar-refractivity contribution in [3.63, 3.8) is 0 Å². The van der Waals surface area contributed by atoms with Gasteiger partial charge in [0.15, 0.2) is 0 Å². The number of carbonyl (C=O) groups excluding carboxylic acids is 1. The average Bonchev–Trinajstić information content (AvgIpc) is 3.05. The largest absolute Gasteiger partial charge is 0.419 e. The minimum atomic E-state index is -0.156. The molecule has 128 valence electrons. The molecule has 1 aromatic heterocycles. The van der Waals surface area contributed by atoms with Crippen molar-refractivity contribution in [2.24, 2.45) is 0 Å². The van der Waals surface area contributed by atoms with Crippen LogP contribution in [0.4, 0.5) is 0 Å². The molecule has 0 saturated carbocycles. The first-order chi connectivity index (χ1) is 11.9. The summed E-state index contributed by atoms with van der Waals surface area (Å²) in [5.41, 5.74) is 3.46. The summed E-state index contributed by atoms with van der Waals surface area (Å²) in [5.74, 6) is 0.663. The van der Waals surface area contributed by atoms with Gasteiger partial charge in [0.1, 0.15) is 0 Å². The number of hydrogen-bond acceptors (Lipinski definition) is 4. The van der Waals surface area contributed by atoms with Crippen LogP contribution in [-0.4, -0.2) is 28.1 Å². The molecule has 3 rings (SSSR count). The maximum absolute atomic E-state index is 12.5. The maximum atomic E-state index is 12.5. The molecule has 0 bridgehead atoms. The van der Waals surface area contributed by atoms with Crippen molar-refractivity contribution in [1.82, 2.24) is 15.1 Å². The normalized spacial score (nSPS) is 10.7. The number of aromatic nitrogens is 2. The molecular formula is C19H18ClN3O2. The van der Waals surface area contributed by atoms with Crippen molar-refractivity contribution in [1.29, 1.82) is 0 Å². The number of amides is 1. The van der Waals surface area contributed by atoms with Gasteiger partial charge in [-0.3, -0.25) is 4.79 Å². The molecular weight excluding hydrogens is 338 g/mol. The average molecular weight is 356 g/mol. The van der Waals surface area contributed by atoms with E-state index >= 15 is 0 Å². The topological polar surface area (TPSA) is 59.2 Å². The van der Waals surface area contributed by atoms with E-state index in [9.17, 15) is 4.79 Å². The number of rotatable bonds is 4. The second kappa shape index (κ2) is 7.07. The van der Waals surface area contributed by atoms with Crippen LogP contribution in [0.5, 0.6) is 0 Å². The molecule has 0 atom stereocenters. The zero-order chi connectivity index (χ0) is 18.0. The van der Waals surface area contributed by atoms with Crippen LogP contribution >= 0.6 is 11.6 Å². The summed E-state index contributed by atoms with van der Waals surface area (Å²) < 4.78 is 5.67. The fourth-order valence-corrected chi connectivity index (χ4v) is 2.53. The standard InChI is InChI=1S/C19H18ClN3O2/c1-12-4-7-14(8-5-12)18-22-21-17(25-18)11-23(3)19(24)15-9-6-13(2)16(20)10-15/h4-10H,11H2,1-3H3. The van der Waals surface area contributed by atoms with Gasteiger partial charge in [-0.15, -0.1) is 10.2 Å². The Morgan fingerprint density at radius 3 is 2.52 bits per heavy atom. The molecule has 0 aliphatic rings. The highest BCUT2D eigenvalue weighted by atomic mass is 35.5. The third-order valence-corrected chi connectivity index (χ3v) is 4.31. The summed E-state index contributed by atoms with van der Waals surface area (Å²) in [7, 11) is 1.69. The highest BCUT2D eigenvalue weighted by molar-refractivity contribution is 6.31. The second-order valence-corrected chi connectivity index (χ2v) is 6.40. The van der Waals surface area contributed by atoms with E-state index in [-0.39, 0.29) is 12.5 Å². The van der Waals surface area contributed by atoms with Crippen molar-refractivity contribution >= 4 is 17.5 Å². The van der Waals surface area contributed by atoms with E-state index < -0.39 is 0 Å². The van der Waals surface area contributed by atoms with Gasteiger partial charge >= 0.3 is 0 Å². The predicted octanol–water partition coefficient (Wildman–Crippen LogP) is 4.28. The van der Waals surface area contributed by atoms with Crippen LogP contribution in [-0.2, 0) is 6.54 Å². The Bertz CT molecular complexity index is 903. The first-order valence-electron chi connectivity index (χ1n) is 7.85. The van der Waals surface area contributed by atoms with Gasteiger partial charge in [-0.05, 0) is 43.7 Å². The summed E-state index contributed by atoms with van der Waals surface area (Å²) in [4.78, 5) is 14.0. The molecule has 0 spiro atoms. The van der Waals surface area contributed by atoms with Crippen molar-refractivity contribution in [2.75, 3.05) is 7.05 Å². The Balaban J connectivity index is 1.72. The lowest BCUT2D eigenvalue weighted by Crippen LogP contribution is -2.26. The van der Waals surface area contributed by atoms with Crippen LogP contribution in [0.3, 0.4) is 0 Å². The molecule has 0 aliphatic carbocycles. The smallest absolute Gasteiger partial charge is 0.254 e. The number of benzene rings is 2. The minimum absolute atomic E-state index is 0.156. The lowest BCUT2D eigenvalue weighted by Gasteiger charge is -2.15. The van der Waals surface area contributed by atoms with Crippen molar-refractivity contribution in [3.05, 3.63) is 70.1 Å². The van der Waals surface area contributed by atoms with Crippen molar-refractivity contribution < 1.29 is 9.21 Å². The third kappa shape index (κ3) is 3.88. The summed E-state index contributed by atoms with van der Waals surface area (Å²) >= 11 is 6.09. The Morgan fingerprint density at radius 2 is 1.84 bits per heavy atom. The quantitative estimate of drug-likeness (QED) is 0.700. The highest BCUT2D eigenvalue weighted by Crippen LogP contribution is 2.20. The van der Waals surface area contributed by atoms with E-state index in [4.69, 9.17) is 16.0 Å². The Hall–Kier alpha value is -2.66. The van der Waals surface area contributed by atoms with Gasteiger partial charge in [-0.2, -0.15) is 0 Å². The van der Waals surface area contributed by atoms with Gasteiger partial charge in [0.05, 0.1) is 6.54 Å². The van der Waals surface area contributed by atoms with E-state index in [2.05, 4.69) is 10.2 Å². The van der Waals surface area contributed by atoms with Crippen LogP contribution < -0.4 is 0 Å². The van der Waals surface area contributed by atoms with Gasteiger partial charge in [0, 0.05) is 23.2 Å². The molecule has 1 heterocycles. The van der Waals surface area contributed by atoms with Crippen LogP contribution in [0, 0.1) is 13.8 Å². The molecule has 0 unspecified atom stereocenters. The molecule has 2 aromatic carbocycles. The Kier molecular flexibility index (Phi) is 4.86. The Morgan fingerprint density at radius 1 is 1.12 bits per heavy atom. The highest BCUT2D eigenvalue weighted by Gasteiger charge is 2.16. The Labute approximate surface area is 151 Å². The van der Waals surface area contributed by atoms with E-state index in [1.165, 1.54) is 4.90 Å². The fourth-order valence-electron chi connectivity index (χ4n) is 2.35. The molecule has 25 heavy (non-hydrogen) atoms. The summed E-state index contributed by atoms with van der Waals surface area (Å²) in [6.45, 7) is 4.13. The van der Waals surface area contributed by atoms with Crippen LogP contribution in [0.2, 0.25) is 5.02 Å². The van der Waals surface area contributed by atoms with Crippen LogP contribution in [0.15, 0.2) is 46.9 Å². The predicted molar refractivity (Wildman–Crippen MR) is 96.5 cm³/mol. The van der Waals surface area contributed by atoms with Gasteiger partial charge in [-0.1, -0.05) is 35.4 Å². The zero-order valence-electron chi connectivity index (χ0n) is 14.3.